The first kappa shape index (κ1) is 16.2. The Morgan fingerprint density at radius 2 is 2.23 bits per heavy atom. The van der Waals surface area contributed by atoms with Gasteiger partial charge in [-0.3, -0.25) is 10.1 Å². The van der Waals surface area contributed by atoms with E-state index < -0.39 is 4.92 Å². The van der Waals surface area contributed by atoms with Gasteiger partial charge in [0.25, 0.3) is 5.69 Å². The second-order valence-electron chi connectivity index (χ2n) is 5.51. The Labute approximate surface area is 129 Å². The number of hydrogen-bond donors (Lipinski definition) is 2. The largest absolute Gasteiger partial charge is 0.381 e. The fourth-order valence-electron chi connectivity index (χ4n) is 1.97. The summed E-state index contributed by atoms with van der Waals surface area (Å²) in [6.07, 6.45) is 3.28. The van der Waals surface area contributed by atoms with Gasteiger partial charge >= 0.3 is 6.03 Å². The lowest BCUT2D eigenvalue weighted by Gasteiger charge is -2.08. The van der Waals surface area contributed by atoms with Crippen molar-refractivity contribution < 1.29 is 14.5 Å². The Morgan fingerprint density at radius 1 is 1.45 bits per heavy atom. The van der Waals surface area contributed by atoms with Gasteiger partial charge in [-0.1, -0.05) is 6.07 Å². The number of anilines is 1. The van der Waals surface area contributed by atoms with Crippen LogP contribution >= 0.6 is 0 Å². The van der Waals surface area contributed by atoms with E-state index >= 15 is 0 Å². The highest BCUT2D eigenvalue weighted by Gasteiger charge is 2.20. The van der Waals surface area contributed by atoms with Crippen LogP contribution in [0.4, 0.5) is 16.2 Å². The monoisotopic (exact) mass is 307 g/mol. The summed E-state index contributed by atoms with van der Waals surface area (Å²) in [5.41, 5.74) is 0.954. The van der Waals surface area contributed by atoms with Crippen LogP contribution in [0.1, 0.15) is 24.8 Å². The summed E-state index contributed by atoms with van der Waals surface area (Å²) < 4.78 is 5.47. The molecule has 0 atom stereocenters. The number of amides is 2. The second kappa shape index (κ2) is 7.74. The maximum atomic E-state index is 11.7. The molecule has 1 aliphatic carbocycles. The number of rotatable bonds is 8. The molecule has 7 nitrogen and oxygen atoms in total. The first-order chi connectivity index (χ1) is 10.6. The van der Waals surface area contributed by atoms with Crippen LogP contribution in [0.5, 0.6) is 0 Å². The van der Waals surface area contributed by atoms with Gasteiger partial charge in [0.15, 0.2) is 0 Å². The molecule has 22 heavy (non-hydrogen) atoms. The van der Waals surface area contributed by atoms with Crippen molar-refractivity contribution in [3.63, 3.8) is 0 Å². The third kappa shape index (κ3) is 5.33. The fourth-order valence-corrected chi connectivity index (χ4v) is 1.97. The highest BCUT2D eigenvalue weighted by atomic mass is 16.6. The van der Waals surface area contributed by atoms with Gasteiger partial charge in [0.2, 0.25) is 0 Å². The lowest BCUT2D eigenvalue weighted by atomic mass is 10.2. The Balaban J connectivity index is 1.67. The van der Waals surface area contributed by atoms with Gasteiger partial charge in [-0.15, -0.1) is 0 Å². The summed E-state index contributed by atoms with van der Waals surface area (Å²) in [4.78, 5) is 22.1. The van der Waals surface area contributed by atoms with Crippen molar-refractivity contribution in [2.45, 2.75) is 26.2 Å². The molecule has 0 aromatic heterocycles. The van der Waals surface area contributed by atoms with Crippen LogP contribution < -0.4 is 10.6 Å². The molecule has 1 aromatic rings. The summed E-state index contributed by atoms with van der Waals surface area (Å²) in [6, 6.07) is 4.23. The highest BCUT2D eigenvalue weighted by molar-refractivity contribution is 5.89. The van der Waals surface area contributed by atoms with Gasteiger partial charge in [0.05, 0.1) is 4.92 Å². The molecule has 0 unspecified atom stereocenters. The van der Waals surface area contributed by atoms with Gasteiger partial charge < -0.3 is 15.4 Å². The topological polar surface area (TPSA) is 93.5 Å². The molecule has 0 saturated heterocycles. The number of nitrogens with zero attached hydrogens (tertiary/aromatic N) is 1. The summed E-state index contributed by atoms with van der Waals surface area (Å²) in [6.45, 7) is 3.61. The van der Waals surface area contributed by atoms with E-state index in [1.807, 2.05) is 0 Å². The maximum absolute atomic E-state index is 11.7. The lowest BCUT2D eigenvalue weighted by Crippen LogP contribution is -2.30. The second-order valence-corrected chi connectivity index (χ2v) is 5.51. The standard InChI is InChI=1S/C15H21N3O4/c1-11-3-6-13(9-14(11)18(20)21)17-15(19)16-7-2-8-22-10-12-4-5-12/h3,6,9,12H,2,4-5,7-8,10H2,1H3,(H2,16,17,19). The van der Waals surface area contributed by atoms with Crippen LogP contribution in [0.15, 0.2) is 18.2 Å². The zero-order chi connectivity index (χ0) is 15.9. The van der Waals surface area contributed by atoms with Gasteiger partial charge in [0, 0.05) is 37.1 Å². The van der Waals surface area contributed by atoms with Crippen molar-refractivity contribution in [2.24, 2.45) is 5.92 Å². The van der Waals surface area contributed by atoms with Crippen LogP contribution in [0.25, 0.3) is 0 Å². The number of nitro benzene ring substituents is 1. The first-order valence-electron chi connectivity index (χ1n) is 7.44. The van der Waals surface area contributed by atoms with Crippen molar-refractivity contribution in [1.82, 2.24) is 5.32 Å². The van der Waals surface area contributed by atoms with Crippen molar-refractivity contribution >= 4 is 17.4 Å². The average Bonchev–Trinajstić information content (AvgIpc) is 3.28. The molecular weight excluding hydrogens is 286 g/mol. The van der Waals surface area contributed by atoms with E-state index in [0.29, 0.717) is 24.4 Å². The number of nitro groups is 1. The fraction of sp³-hybridized carbons (Fsp3) is 0.533. The number of aryl methyl sites for hydroxylation is 1. The van der Waals surface area contributed by atoms with E-state index in [9.17, 15) is 14.9 Å². The highest BCUT2D eigenvalue weighted by Crippen LogP contribution is 2.28. The van der Waals surface area contributed by atoms with E-state index in [0.717, 1.165) is 18.9 Å². The third-order valence-electron chi connectivity index (χ3n) is 3.47. The minimum Gasteiger partial charge on any atom is -0.381 e. The molecule has 0 heterocycles. The summed E-state index contributed by atoms with van der Waals surface area (Å²) in [7, 11) is 0. The van der Waals surface area contributed by atoms with Gasteiger partial charge in [0.1, 0.15) is 0 Å². The lowest BCUT2D eigenvalue weighted by molar-refractivity contribution is -0.385. The number of carbonyl (C=O) groups excluding carboxylic acids is 1. The maximum Gasteiger partial charge on any atom is 0.319 e. The molecule has 2 N–H and O–H groups in total. The van der Waals surface area contributed by atoms with Crippen LogP contribution in [0.2, 0.25) is 0 Å². The quantitative estimate of drug-likeness (QED) is 0.439. The molecule has 1 aliphatic rings. The molecule has 120 valence electrons. The van der Waals surface area contributed by atoms with Crippen LogP contribution in [0, 0.1) is 23.0 Å². The predicted octanol–water partition coefficient (Wildman–Crippen LogP) is 2.84. The molecule has 2 amide bonds. The normalized spacial score (nSPS) is 13.7. The zero-order valence-corrected chi connectivity index (χ0v) is 12.6. The van der Waals surface area contributed by atoms with Crippen LogP contribution in [-0.2, 0) is 4.74 Å². The predicted molar refractivity (Wildman–Crippen MR) is 83.0 cm³/mol. The Bertz CT molecular complexity index is 544. The number of benzene rings is 1. The molecule has 0 aliphatic heterocycles. The van der Waals surface area contributed by atoms with E-state index in [4.69, 9.17) is 4.74 Å². The number of nitrogens with one attached hydrogen (secondary N) is 2. The van der Waals surface area contributed by atoms with Gasteiger partial charge in [-0.2, -0.15) is 0 Å². The smallest absolute Gasteiger partial charge is 0.319 e. The van der Waals surface area contributed by atoms with E-state index in [1.54, 1.807) is 19.1 Å². The summed E-state index contributed by atoms with van der Waals surface area (Å²) >= 11 is 0. The van der Waals surface area contributed by atoms with Crippen molar-refractivity contribution in [2.75, 3.05) is 25.1 Å². The summed E-state index contributed by atoms with van der Waals surface area (Å²) in [5, 5.41) is 16.1. The zero-order valence-electron chi connectivity index (χ0n) is 12.6. The van der Waals surface area contributed by atoms with E-state index in [2.05, 4.69) is 10.6 Å². The van der Waals surface area contributed by atoms with Crippen molar-refractivity contribution in [3.05, 3.63) is 33.9 Å². The average molecular weight is 307 g/mol. The molecule has 1 aromatic carbocycles. The van der Waals surface area contributed by atoms with Crippen molar-refractivity contribution in [3.8, 4) is 0 Å². The Morgan fingerprint density at radius 3 is 2.91 bits per heavy atom. The van der Waals surface area contributed by atoms with E-state index in [1.165, 1.54) is 18.9 Å². The minimum absolute atomic E-state index is 0.00808. The van der Waals surface area contributed by atoms with Crippen LogP contribution in [0.3, 0.4) is 0 Å². The molecular formula is C15H21N3O4. The van der Waals surface area contributed by atoms with Crippen molar-refractivity contribution in [1.29, 1.82) is 0 Å². The third-order valence-corrected chi connectivity index (χ3v) is 3.47. The number of carbonyl (C=O) groups is 1. The van der Waals surface area contributed by atoms with Gasteiger partial charge in [-0.25, -0.2) is 4.79 Å². The Kier molecular flexibility index (Phi) is 5.71. The molecule has 2 rings (SSSR count). The number of hydrogen-bond acceptors (Lipinski definition) is 4. The minimum atomic E-state index is -0.463. The van der Waals surface area contributed by atoms with Crippen LogP contribution in [-0.4, -0.2) is 30.7 Å². The Hall–Kier alpha value is -2.15. The summed E-state index contributed by atoms with van der Waals surface area (Å²) in [5.74, 6) is 0.744. The molecule has 0 spiro atoms. The number of ether oxygens (including phenoxy) is 1. The number of urea groups is 1. The molecule has 0 radical (unpaired) electrons. The molecule has 7 heteroatoms. The molecule has 1 saturated carbocycles. The van der Waals surface area contributed by atoms with E-state index in [-0.39, 0.29) is 11.7 Å². The van der Waals surface area contributed by atoms with Gasteiger partial charge in [-0.05, 0) is 38.2 Å². The first-order valence-corrected chi connectivity index (χ1v) is 7.44. The SMILES string of the molecule is Cc1ccc(NC(=O)NCCCOCC2CC2)cc1[N+](=O)[O-]. The molecule has 1 fully saturated rings. The molecule has 0 bridgehead atoms.